The number of nitrogens with zero attached hydrogens (tertiary/aromatic N) is 2. The lowest BCUT2D eigenvalue weighted by Crippen LogP contribution is -2.09. The fourth-order valence-electron chi connectivity index (χ4n) is 0.823. The maximum Gasteiger partial charge on any atom is 0.129 e. The van der Waals surface area contributed by atoms with Crippen LogP contribution in [0.3, 0.4) is 0 Å². The number of hydrogen-bond donors (Lipinski definition) is 1. The Kier molecular flexibility index (Phi) is 5.40. The van der Waals surface area contributed by atoms with Crippen LogP contribution < -0.4 is 5.73 Å². The van der Waals surface area contributed by atoms with Crippen LogP contribution in [0, 0.1) is 11.3 Å². The molecule has 1 aromatic rings. The van der Waals surface area contributed by atoms with Crippen LogP contribution in [0.2, 0.25) is 5.15 Å². The zero-order valence-electron chi connectivity index (χ0n) is 6.77. The Morgan fingerprint density at radius 3 is 2.77 bits per heavy atom. The van der Waals surface area contributed by atoms with Crippen molar-refractivity contribution in [3.05, 3.63) is 29.0 Å². The van der Waals surface area contributed by atoms with Gasteiger partial charge >= 0.3 is 0 Å². The van der Waals surface area contributed by atoms with E-state index in [1.807, 2.05) is 6.07 Å². The molecule has 2 N–H and O–H groups in total. The number of pyridine rings is 1. The van der Waals surface area contributed by atoms with E-state index in [0.29, 0.717) is 11.6 Å². The van der Waals surface area contributed by atoms with Gasteiger partial charge in [-0.1, -0.05) is 17.7 Å². The van der Waals surface area contributed by atoms with Crippen LogP contribution in [0.25, 0.3) is 0 Å². The van der Waals surface area contributed by atoms with Crippen LogP contribution in [-0.2, 0) is 0 Å². The van der Waals surface area contributed by atoms with E-state index in [0.717, 1.165) is 5.56 Å². The molecule has 1 rings (SSSR count). The number of halogens is 2. The summed E-state index contributed by atoms with van der Waals surface area (Å²) in [7, 11) is 0. The Hall–Kier alpha value is -0.820. The summed E-state index contributed by atoms with van der Waals surface area (Å²) in [5, 5.41) is 8.81. The molecule has 3 nitrogen and oxygen atoms in total. The quantitative estimate of drug-likeness (QED) is 0.772. The molecule has 0 saturated carbocycles. The Bertz CT molecular complexity index is 291. The molecule has 0 bridgehead atoms. The molecule has 0 aliphatic heterocycles. The zero-order valence-corrected chi connectivity index (χ0v) is 8.35. The van der Waals surface area contributed by atoms with E-state index in [2.05, 4.69) is 4.98 Å². The highest BCUT2D eigenvalue weighted by atomic mass is 35.5. The van der Waals surface area contributed by atoms with Gasteiger partial charge in [-0.2, -0.15) is 5.26 Å². The topological polar surface area (TPSA) is 62.7 Å². The monoisotopic (exact) mass is 217 g/mol. The van der Waals surface area contributed by atoms with Gasteiger partial charge in [0.05, 0.1) is 12.5 Å². The van der Waals surface area contributed by atoms with Crippen molar-refractivity contribution in [2.45, 2.75) is 12.5 Å². The fourth-order valence-corrected chi connectivity index (χ4v) is 0.935. The fraction of sp³-hybridized carbons (Fsp3) is 0.250. The third-order valence-electron chi connectivity index (χ3n) is 1.49. The molecule has 0 fully saturated rings. The Labute approximate surface area is 87.9 Å². The Balaban J connectivity index is 0.00000144. The summed E-state index contributed by atoms with van der Waals surface area (Å²) in [6.07, 6.45) is 1.88. The summed E-state index contributed by atoms with van der Waals surface area (Å²) in [6, 6.07) is 5.17. The van der Waals surface area contributed by atoms with Crippen molar-refractivity contribution in [3.8, 4) is 6.07 Å². The minimum atomic E-state index is -0.264. The van der Waals surface area contributed by atoms with E-state index in [9.17, 15) is 0 Å². The zero-order chi connectivity index (χ0) is 8.97. The van der Waals surface area contributed by atoms with Gasteiger partial charge in [0, 0.05) is 12.2 Å². The molecule has 0 aliphatic rings. The summed E-state index contributed by atoms with van der Waals surface area (Å²) < 4.78 is 0. The van der Waals surface area contributed by atoms with Crippen molar-refractivity contribution in [2.24, 2.45) is 5.73 Å². The summed E-state index contributed by atoms with van der Waals surface area (Å²) >= 11 is 5.58. The minimum Gasteiger partial charge on any atom is -0.323 e. The van der Waals surface area contributed by atoms with Crippen LogP contribution in [0.5, 0.6) is 0 Å². The first-order valence-corrected chi connectivity index (χ1v) is 3.86. The maximum atomic E-state index is 8.38. The van der Waals surface area contributed by atoms with Crippen LogP contribution in [0.15, 0.2) is 18.3 Å². The molecule has 0 aromatic carbocycles. The lowest BCUT2D eigenvalue weighted by Gasteiger charge is -2.05. The highest BCUT2D eigenvalue weighted by Gasteiger charge is 2.04. The molecule has 0 spiro atoms. The largest absolute Gasteiger partial charge is 0.323 e. The molecule has 70 valence electrons. The van der Waals surface area contributed by atoms with E-state index in [1.165, 1.54) is 0 Å². The first kappa shape index (κ1) is 12.2. The highest BCUT2D eigenvalue weighted by Crippen LogP contribution is 2.13. The summed E-state index contributed by atoms with van der Waals surface area (Å²) in [4.78, 5) is 3.86. The lowest BCUT2D eigenvalue weighted by atomic mass is 10.1. The molecular formula is C8H9Cl2N3. The van der Waals surface area contributed by atoms with Gasteiger partial charge in [0.2, 0.25) is 0 Å². The third kappa shape index (κ3) is 3.60. The van der Waals surface area contributed by atoms with Crippen molar-refractivity contribution in [1.82, 2.24) is 4.98 Å². The van der Waals surface area contributed by atoms with Gasteiger partial charge in [-0.15, -0.1) is 12.4 Å². The maximum absolute atomic E-state index is 8.38. The van der Waals surface area contributed by atoms with Gasteiger partial charge in [-0.25, -0.2) is 4.98 Å². The second-order valence-electron chi connectivity index (χ2n) is 2.38. The summed E-state index contributed by atoms with van der Waals surface area (Å²) in [6.45, 7) is 0. The molecule has 0 aliphatic carbocycles. The average molecular weight is 218 g/mol. The Morgan fingerprint density at radius 2 is 2.31 bits per heavy atom. The number of aromatic nitrogens is 1. The second kappa shape index (κ2) is 5.76. The Morgan fingerprint density at radius 1 is 1.62 bits per heavy atom. The van der Waals surface area contributed by atoms with E-state index < -0.39 is 0 Å². The van der Waals surface area contributed by atoms with Crippen molar-refractivity contribution in [1.29, 1.82) is 5.26 Å². The SMILES string of the molecule is Cl.N#CC[C@@H](N)c1ccc(Cl)nc1. The standard InChI is InChI=1S/C8H8ClN3.ClH/c9-8-2-1-6(5-12-8)7(11)3-4-10;/h1-2,5,7H,3,11H2;1H/t7-;/m1./s1. The smallest absolute Gasteiger partial charge is 0.129 e. The van der Waals surface area contributed by atoms with Gasteiger partial charge in [0.15, 0.2) is 0 Å². The first-order chi connectivity index (χ1) is 5.74. The third-order valence-corrected chi connectivity index (χ3v) is 1.71. The number of hydrogen-bond acceptors (Lipinski definition) is 3. The lowest BCUT2D eigenvalue weighted by molar-refractivity contribution is 0.744. The van der Waals surface area contributed by atoms with Crippen LogP contribution >= 0.6 is 24.0 Å². The number of nitrogens with two attached hydrogens (primary N) is 1. The summed E-state index contributed by atoms with van der Waals surface area (Å²) in [5.74, 6) is 0. The van der Waals surface area contributed by atoms with E-state index >= 15 is 0 Å². The molecule has 0 saturated heterocycles. The molecule has 0 unspecified atom stereocenters. The predicted molar refractivity (Wildman–Crippen MR) is 53.7 cm³/mol. The van der Waals surface area contributed by atoms with E-state index in [1.54, 1.807) is 18.3 Å². The van der Waals surface area contributed by atoms with Crippen LogP contribution in [-0.4, -0.2) is 4.98 Å². The molecule has 1 heterocycles. The van der Waals surface area contributed by atoms with Gasteiger partial charge in [-0.3, -0.25) is 0 Å². The van der Waals surface area contributed by atoms with E-state index in [4.69, 9.17) is 22.6 Å². The van der Waals surface area contributed by atoms with Crippen LogP contribution in [0.1, 0.15) is 18.0 Å². The average Bonchev–Trinajstić information content (AvgIpc) is 2.06. The first-order valence-electron chi connectivity index (χ1n) is 3.48. The van der Waals surface area contributed by atoms with Crippen molar-refractivity contribution in [3.63, 3.8) is 0 Å². The number of rotatable bonds is 2. The van der Waals surface area contributed by atoms with Gasteiger partial charge in [0.25, 0.3) is 0 Å². The van der Waals surface area contributed by atoms with Crippen molar-refractivity contribution >= 4 is 24.0 Å². The number of nitriles is 1. The van der Waals surface area contributed by atoms with Gasteiger partial charge in [-0.05, 0) is 11.6 Å². The predicted octanol–water partition coefficient (Wildman–Crippen LogP) is 2.07. The highest BCUT2D eigenvalue weighted by molar-refractivity contribution is 6.29. The summed E-state index contributed by atoms with van der Waals surface area (Å²) in [5.41, 5.74) is 6.48. The molecule has 5 heteroatoms. The molecular weight excluding hydrogens is 209 g/mol. The van der Waals surface area contributed by atoms with Gasteiger partial charge < -0.3 is 5.73 Å². The molecule has 0 radical (unpaired) electrons. The van der Waals surface area contributed by atoms with Crippen LogP contribution in [0.4, 0.5) is 0 Å². The second-order valence-corrected chi connectivity index (χ2v) is 2.77. The molecule has 0 amide bonds. The van der Waals surface area contributed by atoms with Crippen molar-refractivity contribution in [2.75, 3.05) is 0 Å². The molecule has 13 heavy (non-hydrogen) atoms. The molecule has 1 aromatic heterocycles. The normalized spacial score (nSPS) is 11.2. The van der Waals surface area contributed by atoms with Gasteiger partial charge in [0.1, 0.15) is 5.15 Å². The minimum absolute atomic E-state index is 0. The van der Waals surface area contributed by atoms with E-state index in [-0.39, 0.29) is 18.4 Å². The van der Waals surface area contributed by atoms with Crippen molar-refractivity contribution < 1.29 is 0 Å². The molecule has 1 atom stereocenters.